The zero-order valence-corrected chi connectivity index (χ0v) is 14.2. The molecule has 27 heavy (non-hydrogen) atoms. The van der Waals surface area contributed by atoms with E-state index in [1.807, 2.05) is 31.2 Å². The Morgan fingerprint density at radius 1 is 1.00 bits per heavy atom. The van der Waals surface area contributed by atoms with Crippen LogP contribution in [-0.2, 0) is 0 Å². The molecule has 0 amide bonds. The molecule has 8 nitrogen and oxygen atoms in total. The van der Waals surface area contributed by atoms with Crippen LogP contribution in [0.1, 0.15) is 11.1 Å². The second kappa shape index (κ2) is 7.16. The Morgan fingerprint density at radius 2 is 1.74 bits per heavy atom. The Bertz CT molecular complexity index is 1110. The van der Waals surface area contributed by atoms with Gasteiger partial charge in [0.2, 0.25) is 11.3 Å². The summed E-state index contributed by atoms with van der Waals surface area (Å²) < 4.78 is 17.6. The molecule has 0 saturated carbocycles. The molecular weight excluding hydrogens is 349 g/mol. The van der Waals surface area contributed by atoms with Gasteiger partial charge in [-0.3, -0.25) is 5.43 Å². The van der Waals surface area contributed by atoms with Crippen molar-refractivity contribution in [1.82, 2.24) is 20.3 Å². The number of aryl methyl sites for hydroxylation is 1. The largest absolute Gasteiger partial charge is 0.337 e. The molecule has 4 aromatic rings. The number of benzene rings is 2. The molecule has 0 aliphatic rings. The fourth-order valence-electron chi connectivity index (χ4n) is 2.38. The van der Waals surface area contributed by atoms with Crippen LogP contribution in [0.3, 0.4) is 0 Å². The minimum absolute atomic E-state index is 0.254. The quantitative estimate of drug-likeness (QED) is 0.412. The lowest BCUT2D eigenvalue weighted by Gasteiger charge is -2.09. The fourth-order valence-corrected chi connectivity index (χ4v) is 2.38. The Labute approximate surface area is 153 Å². The summed E-state index contributed by atoms with van der Waals surface area (Å²) in [7, 11) is 0. The van der Waals surface area contributed by atoms with Crippen LogP contribution in [0, 0.1) is 12.7 Å². The molecule has 0 radical (unpaired) electrons. The van der Waals surface area contributed by atoms with Gasteiger partial charge in [-0.2, -0.15) is 10.1 Å². The molecule has 0 aliphatic carbocycles. The maximum Gasteiger partial charge on any atom is 0.245 e. The predicted molar refractivity (Wildman–Crippen MR) is 99.5 cm³/mol. The number of aromatic nitrogens is 4. The zero-order valence-electron chi connectivity index (χ0n) is 14.2. The highest BCUT2D eigenvalue weighted by molar-refractivity contribution is 5.81. The second-order valence-electron chi connectivity index (χ2n) is 5.75. The van der Waals surface area contributed by atoms with Crippen molar-refractivity contribution in [1.29, 1.82) is 0 Å². The first kappa shape index (κ1) is 16.6. The average molecular weight is 363 g/mol. The summed E-state index contributed by atoms with van der Waals surface area (Å²) >= 11 is 0. The number of hydrazone groups is 1. The van der Waals surface area contributed by atoms with Crippen LogP contribution in [0.25, 0.3) is 11.3 Å². The minimum atomic E-state index is -0.306. The maximum absolute atomic E-state index is 13.0. The smallest absolute Gasteiger partial charge is 0.245 e. The topological polar surface area (TPSA) is 101 Å². The van der Waals surface area contributed by atoms with Crippen LogP contribution in [0.2, 0.25) is 0 Å². The molecule has 2 N–H and O–H groups in total. The van der Waals surface area contributed by atoms with Crippen LogP contribution in [0.15, 0.2) is 58.3 Å². The van der Waals surface area contributed by atoms with Gasteiger partial charge >= 0.3 is 0 Å². The van der Waals surface area contributed by atoms with Gasteiger partial charge in [0.15, 0.2) is 11.6 Å². The second-order valence-corrected chi connectivity index (χ2v) is 5.75. The van der Waals surface area contributed by atoms with E-state index in [4.69, 9.17) is 0 Å². The monoisotopic (exact) mass is 363 g/mol. The molecule has 0 aliphatic heterocycles. The molecule has 0 atom stereocenters. The van der Waals surface area contributed by atoms with Gasteiger partial charge in [0, 0.05) is 5.69 Å². The third-order valence-corrected chi connectivity index (χ3v) is 3.65. The van der Waals surface area contributed by atoms with E-state index < -0.39 is 0 Å². The number of halogens is 1. The number of fused-ring (bicyclic) bond motifs is 1. The molecule has 4 rings (SSSR count). The molecule has 0 unspecified atom stereocenters. The van der Waals surface area contributed by atoms with Gasteiger partial charge in [-0.25, -0.2) is 14.0 Å². The zero-order chi connectivity index (χ0) is 18.6. The highest BCUT2D eigenvalue weighted by Crippen LogP contribution is 2.24. The first-order valence-electron chi connectivity index (χ1n) is 8.06. The van der Waals surface area contributed by atoms with E-state index in [-0.39, 0.29) is 17.1 Å². The van der Waals surface area contributed by atoms with Crippen LogP contribution >= 0.6 is 0 Å². The van der Waals surface area contributed by atoms with Gasteiger partial charge in [-0.15, -0.1) is 0 Å². The third kappa shape index (κ3) is 3.87. The van der Waals surface area contributed by atoms with Crippen molar-refractivity contribution in [2.75, 3.05) is 10.7 Å². The molecule has 0 bridgehead atoms. The number of rotatable bonds is 5. The summed E-state index contributed by atoms with van der Waals surface area (Å²) in [4.78, 5) is 8.69. The summed E-state index contributed by atoms with van der Waals surface area (Å²) in [5.74, 6) is 0.456. The highest BCUT2D eigenvalue weighted by atomic mass is 19.1. The standard InChI is InChI=1S/C18H14FN7O/c1-11-3-2-4-14(9-11)21-15-16(23-18-17(22-15)25-27-26-18)24-20-10-12-5-7-13(19)8-6-12/h2-10H,1H3,(H,21,22,25)(H,23,24,26)/b20-10-. The van der Waals surface area contributed by atoms with Crippen LogP contribution in [0.5, 0.6) is 0 Å². The van der Waals surface area contributed by atoms with Gasteiger partial charge < -0.3 is 5.32 Å². The van der Waals surface area contributed by atoms with Crippen LogP contribution < -0.4 is 10.7 Å². The van der Waals surface area contributed by atoms with E-state index in [2.05, 4.69) is 40.8 Å². The van der Waals surface area contributed by atoms with E-state index >= 15 is 0 Å². The van der Waals surface area contributed by atoms with Gasteiger partial charge in [-0.05, 0) is 52.6 Å². The molecule has 134 valence electrons. The Morgan fingerprint density at radius 3 is 2.48 bits per heavy atom. The van der Waals surface area contributed by atoms with Crippen molar-refractivity contribution in [2.24, 2.45) is 5.10 Å². The minimum Gasteiger partial charge on any atom is -0.337 e. The number of nitrogens with zero attached hydrogens (tertiary/aromatic N) is 5. The summed E-state index contributed by atoms with van der Waals surface area (Å²) in [5.41, 5.74) is 6.02. The lowest BCUT2D eigenvalue weighted by molar-refractivity contribution is 0.314. The molecular formula is C18H14FN7O. The van der Waals surface area contributed by atoms with E-state index in [1.54, 1.807) is 18.3 Å². The van der Waals surface area contributed by atoms with Crippen molar-refractivity contribution in [2.45, 2.75) is 6.92 Å². The normalized spacial score (nSPS) is 11.2. The predicted octanol–water partition coefficient (Wildman–Crippen LogP) is 3.65. The van der Waals surface area contributed by atoms with E-state index in [0.29, 0.717) is 11.6 Å². The van der Waals surface area contributed by atoms with Crippen molar-refractivity contribution in [3.8, 4) is 0 Å². The lowest BCUT2D eigenvalue weighted by Crippen LogP contribution is -2.03. The molecule has 2 heterocycles. The first-order chi connectivity index (χ1) is 13.2. The van der Waals surface area contributed by atoms with Crippen molar-refractivity contribution in [3.05, 3.63) is 65.5 Å². The molecule has 2 aromatic heterocycles. The number of hydrogen-bond donors (Lipinski definition) is 2. The first-order valence-corrected chi connectivity index (χ1v) is 8.06. The Balaban J connectivity index is 1.62. The summed E-state index contributed by atoms with van der Waals surface area (Å²) in [6, 6.07) is 13.8. The van der Waals surface area contributed by atoms with E-state index in [9.17, 15) is 4.39 Å². The third-order valence-electron chi connectivity index (χ3n) is 3.65. The number of hydrogen-bond acceptors (Lipinski definition) is 8. The average Bonchev–Trinajstić information content (AvgIpc) is 3.11. The van der Waals surface area contributed by atoms with Crippen molar-refractivity contribution < 1.29 is 9.02 Å². The van der Waals surface area contributed by atoms with Gasteiger partial charge in [0.05, 0.1) is 6.21 Å². The van der Waals surface area contributed by atoms with Gasteiger partial charge in [0.1, 0.15) is 5.82 Å². The Hall–Kier alpha value is -3.88. The summed E-state index contributed by atoms with van der Waals surface area (Å²) in [5, 5.41) is 14.7. The molecule has 2 aromatic carbocycles. The molecule has 9 heteroatoms. The summed E-state index contributed by atoms with van der Waals surface area (Å²) in [6.45, 7) is 1.99. The summed E-state index contributed by atoms with van der Waals surface area (Å²) in [6.07, 6.45) is 1.54. The SMILES string of the molecule is Cc1cccc(Nc2nc3nonc3nc2N/N=C\c2ccc(F)cc2)c1. The number of nitrogens with one attached hydrogen (secondary N) is 2. The lowest BCUT2D eigenvalue weighted by atomic mass is 10.2. The van der Waals surface area contributed by atoms with Crippen molar-refractivity contribution >= 4 is 34.8 Å². The number of anilines is 3. The highest BCUT2D eigenvalue weighted by Gasteiger charge is 2.12. The molecule has 0 spiro atoms. The van der Waals surface area contributed by atoms with Crippen LogP contribution in [0.4, 0.5) is 21.7 Å². The van der Waals surface area contributed by atoms with Gasteiger partial charge in [-0.1, -0.05) is 24.3 Å². The van der Waals surface area contributed by atoms with E-state index in [1.165, 1.54) is 12.1 Å². The van der Waals surface area contributed by atoms with E-state index in [0.717, 1.165) is 16.8 Å². The van der Waals surface area contributed by atoms with Crippen LogP contribution in [-0.4, -0.2) is 26.5 Å². The maximum atomic E-state index is 13.0. The van der Waals surface area contributed by atoms with Crippen molar-refractivity contribution in [3.63, 3.8) is 0 Å². The Kier molecular flexibility index (Phi) is 4.40. The van der Waals surface area contributed by atoms with Gasteiger partial charge in [0.25, 0.3) is 0 Å². The fraction of sp³-hybridized carbons (Fsp3) is 0.0556. The molecule has 0 fully saturated rings. The molecule has 0 saturated heterocycles.